The molecular weight excluding hydrogens is 212 g/mol. The summed E-state index contributed by atoms with van der Waals surface area (Å²) in [6.45, 7) is 1.71. The highest BCUT2D eigenvalue weighted by molar-refractivity contribution is 5.94. The van der Waals surface area contributed by atoms with E-state index >= 15 is 0 Å². The number of nitrogens with one attached hydrogen (secondary N) is 2. The normalized spacial score (nSPS) is 12.1. The Morgan fingerprint density at radius 2 is 2.25 bits per heavy atom. The van der Waals surface area contributed by atoms with E-state index in [2.05, 4.69) is 10.3 Å². The lowest BCUT2D eigenvalue weighted by Crippen LogP contribution is -2.33. The maximum Gasteiger partial charge on any atom is 0.251 e. The van der Waals surface area contributed by atoms with Gasteiger partial charge in [0.2, 0.25) is 0 Å². The van der Waals surface area contributed by atoms with Gasteiger partial charge in [-0.3, -0.25) is 14.6 Å². The number of carbonyl (C=O) groups excluding carboxylic acids is 1. The second-order valence-electron chi connectivity index (χ2n) is 3.51. The minimum Gasteiger partial charge on any atom is -0.494 e. The molecule has 88 valence electrons. The van der Waals surface area contributed by atoms with Gasteiger partial charge in [-0.15, -0.1) is 0 Å². The van der Waals surface area contributed by atoms with Crippen molar-refractivity contribution in [2.24, 2.45) is 0 Å². The number of aromatic amines is 1. The monoisotopic (exact) mass is 226 g/mol. The first-order valence-corrected chi connectivity index (χ1v) is 4.88. The number of hydrogen-bond donors (Lipinski definition) is 4. The summed E-state index contributed by atoms with van der Waals surface area (Å²) in [6.07, 6.45) is 0.431. The van der Waals surface area contributed by atoms with Gasteiger partial charge in [-0.1, -0.05) is 0 Å². The molecule has 0 bridgehead atoms. The molecule has 4 N–H and O–H groups in total. The molecule has 1 amide bonds. The van der Waals surface area contributed by atoms with Crippen LogP contribution in [0.2, 0.25) is 0 Å². The number of amides is 1. The molecule has 16 heavy (non-hydrogen) atoms. The Morgan fingerprint density at radius 3 is 2.81 bits per heavy atom. The molecule has 6 nitrogen and oxygen atoms in total. The van der Waals surface area contributed by atoms with Crippen molar-refractivity contribution in [1.82, 2.24) is 10.3 Å². The van der Waals surface area contributed by atoms with Crippen LogP contribution in [0.15, 0.2) is 16.9 Å². The Balaban J connectivity index is 2.76. The van der Waals surface area contributed by atoms with Crippen molar-refractivity contribution < 1.29 is 15.0 Å². The third-order valence-electron chi connectivity index (χ3n) is 2.03. The first-order valence-electron chi connectivity index (χ1n) is 4.88. The zero-order valence-corrected chi connectivity index (χ0v) is 8.86. The average molecular weight is 226 g/mol. The van der Waals surface area contributed by atoms with Crippen LogP contribution in [0, 0.1) is 0 Å². The second-order valence-corrected chi connectivity index (χ2v) is 3.51. The van der Waals surface area contributed by atoms with Crippen LogP contribution in [-0.4, -0.2) is 33.8 Å². The Labute approximate surface area is 91.9 Å². The first kappa shape index (κ1) is 12.3. The topological polar surface area (TPSA) is 102 Å². The predicted molar refractivity (Wildman–Crippen MR) is 57.4 cm³/mol. The lowest BCUT2D eigenvalue weighted by Gasteiger charge is -2.12. The number of aromatic nitrogens is 1. The highest BCUT2D eigenvalue weighted by Gasteiger charge is 2.10. The van der Waals surface area contributed by atoms with Gasteiger partial charge in [-0.2, -0.15) is 0 Å². The summed E-state index contributed by atoms with van der Waals surface area (Å²) in [6, 6.07) is 2.07. The molecule has 1 heterocycles. The van der Waals surface area contributed by atoms with Crippen molar-refractivity contribution >= 4 is 5.91 Å². The molecule has 0 radical (unpaired) electrons. The van der Waals surface area contributed by atoms with Crippen LogP contribution >= 0.6 is 0 Å². The van der Waals surface area contributed by atoms with Crippen LogP contribution in [0.5, 0.6) is 5.88 Å². The molecule has 0 saturated heterocycles. The second kappa shape index (κ2) is 5.32. The van der Waals surface area contributed by atoms with E-state index in [1.807, 2.05) is 0 Å². The maximum absolute atomic E-state index is 11.6. The van der Waals surface area contributed by atoms with Gasteiger partial charge in [0, 0.05) is 24.8 Å². The number of carbonyl (C=O) groups is 1. The van der Waals surface area contributed by atoms with Crippen LogP contribution < -0.4 is 10.9 Å². The van der Waals surface area contributed by atoms with Crippen LogP contribution in [0.25, 0.3) is 0 Å². The van der Waals surface area contributed by atoms with Crippen LogP contribution in [0.3, 0.4) is 0 Å². The first-order chi connectivity index (χ1) is 7.52. The molecule has 0 aliphatic carbocycles. The highest BCUT2D eigenvalue weighted by atomic mass is 16.3. The van der Waals surface area contributed by atoms with E-state index in [4.69, 9.17) is 10.2 Å². The minimum atomic E-state index is -0.542. The fraction of sp³-hybridized carbons (Fsp3) is 0.400. The summed E-state index contributed by atoms with van der Waals surface area (Å²) in [4.78, 5) is 24.7. The lowest BCUT2D eigenvalue weighted by molar-refractivity contribution is 0.0933. The number of pyridine rings is 1. The number of aliphatic hydroxyl groups excluding tert-OH is 1. The van der Waals surface area contributed by atoms with Crippen molar-refractivity contribution in [2.75, 3.05) is 6.61 Å². The van der Waals surface area contributed by atoms with Gasteiger partial charge < -0.3 is 15.5 Å². The highest BCUT2D eigenvalue weighted by Crippen LogP contribution is 2.04. The van der Waals surface area contributed by atoms with Crippen molar-refractivity contribution in [1.29, 1.82) is 0 Å². The predicted octanol–water partition coefficient (Wildman–Crippen LogP) is -0.419. The van der Waals surface area contributed by atoms with Gasteiger partial charge in [0.05, 0.1) is 5.56 Å². The number of H-pyrrole nitrogens is 1. The molecule has 1 atom stereocenters. The molecule has 0 saturated carbocycles. The molecule has 0 aliphatic rings. The third-order valence-corrected chi connectivity index (χ3v) is 2.03. The van der Waals surface area contributed by atoms with Gasteiger partial charge in [0.15, 0.2) is 5.88 Å². The fourth-order valence-electron chi connectivity index (χ4n) is 1.23. The van der Waals surface area contributed by atoms with Gasteiger partial charge in [-0.05, 0) is 13.3 Å². The number of hydrogen-bond acceptors (Lipinski definition) is 4. The quantitative estimate of drug-likeness (QED) is 0.560. The van der Waals surface area contributed by atoms with E-state index < -0.39 is 11.5 Å². The summed E-state index contributed by atoms with van der Waals surface area (Å²) >= 11 is 0. The number of aliphatic hydroxyl groups is 1. The summed E-state index contributed by atoms with van der Waals surface area (Å²) in [5.41, 5.74) is -0.453. The van der Waals surface area contributed by atoms with Crippen LogP contribution in [0.1, 0.15) is 23.7 Å². The van der Waals surface area contributed by atoms with E-state index in [0.29, 0.717) is 6.42 Å². The molecule has 1 unspecified atom stereocenters. The molecule has 0 fully saturated rings. The van der Waals surface area contributed by atoms with Crippen LogP contribution in [-0.2, 0) is 0 Å². The zero-order chi connectivity index (χ0) is 12.1. The van der Waals surface area contributed by atoms with Crippen molar-refractivity contribution in [3.63, 3.8) is 0 Å². The van der Waals surface area contributed by atoms with E-state index in [-0.39, 0.29) is 24.1 Å². The maximum atomic E-state index is 11.6. The molecule has 1 rings (SSSR count). The van der Waals surface area contributed by atoms with Crippen molar-refractivity contribution in [2.45, 2.75) is 19.4 Å². The van der Waals surface area contributed by atoms with E-state index in [1.54, 1.807) is 6.92 Å². The van der Waals surface area contributed by atoms with E-state index in [0.717, 1.165) is 6.07 Å². The van der Waals surface area contributed by atoms with Gasteiger partial charge in [-0.25, -0.2) is 0 Å². The molecule has 0 spiro atoms. The molecule has 0 aromatic carbocycles. The fourth-order valence-corrected chi connectivity index (χ4v) is 1.23. The standard InChI is InChI=1S/C10H14N2O4/c1-6(2-3-13)11-10(16)7-4-8(14)12-9(15)5-7/h4-6,13H,2-3H2,1H3,(H,11,16)(H2,12,14,15). The van der Waals surface area contributed by atoms with Gasteiger partial charge in [0.25, 0.3) is 11.5 Å². The zero-order valence-electron chi connectivity index (χ0n) is 8.86. The molecule has 6 heteroatoms. The molecular formula is C10H14N2O4. The Kier molecular flexibility index (Phi) is 4.07. The lowest BCUT2D eigenvalue weighted by atomic mass is 10.2. The Bertz CT molecular complexity index is 427. The van der Waals surface area contributed by atoms with Crippen molar-refractivity contribution in [3.8, 4) is 5.88 Å². The van der Waals surface area contributed by atoms with Gasteiger partial charge in [0.1, 0.15) is 0 Å². The summed E-state index contributed by atoms with van der Waals surface area (Å²) in [5, 5.41) is 20.4. The van der Waals surface area contributed by atoms with Crippen LogP contribution in [0.4, 0.5) is 0 Å². The Morgan fingerprint density at radius 1 is 1.56 bits per heavy atom. The van der Waals surface area contributed by atoms with Crippen molar-refractivity contribution in [3.05, 3.63) is 28.0 Å². The average Bonchev–Trinajstić information content (AvgIpc) is 2.16. The van der Waals surface area contributed by atoms with E-state index in [9.17, 15) is 9.59 Å². The third kappa shape index (κ3) is 3.39. The number of aromatic hydroxyl groups is 1. The van der Waals surface area contributed by atoms with E-state index in [1.165, 1.54) is 6.07 Å². The number of rotatable bonds is 4. The minimum absolute atomic E-state index is 0.0257. The SMILES string of the molecule is CC(CCO)NC(=O)c1cc(O)[nH]c(=O)c1. The molecule has 1 aromatic heterocycles. The Hall–Kier alpha value is -1.82. The summed E-state index contributed by atoms with van der Waals surface area (Å²) in [5.74, 6) is -0.810. The van der Waals surface area contributed by atoms with Gasteiger partial charge >= 0.3 is 0 Å². The molecule has 1 aromatic rings. The largest absolute Gasteiger partial charge is 0.494 e. The summed E-state index contributed by atoms with van der Waals surface area (Å²) in [7, 11) is 0. The molecule has 0 aliphatic heterocycles. The summed E-state index contributed by atoms with van der Waals surface area (Å²) < 4.78 is 0. The smallest absolute Gasteiger partial charge is 0.251 e.